The van der Waals surface area contributed by atoms with Crippen LogP contribution in [0.5, 0.6) is 0 Å². The molecule has 0 unspecified atom stereocenters. The zero-order valence-corrected chi connectivity index (χ0v) is 22.3. The average Bonchev–Trinajstić information content (AvgIpc) is 3.16. The van der Waals surface area contributed by atoms with Gasteiger partial charge >= 0.3 is 12.1 Å². The van der Waals surface area contributed by atoms with Crippen molar-refractivity contribution in [3.8, 4) is 0 Å². The molecular formula is C23H23Cl3N6O5. The third kappa shape index (κ3) is 7.10. The molecule has 0 aliphatic carbocycles. The Morgan fingerprint density at radius 2 is 1.89 bits per heavy atom. The first-order valence-corrected chi connectivity index (χ1v) is 11.9. The number of aryl methyl sites for hydroxylation is 1. The molecule has 3 rings (SSSR count). The molecule has 11 nitrogen and oxygen atoms in total. The Kier molecular flexibility index (Phi) is 9.70. The Morgan fingerprint density at radius 1 is 1.14 bits per heavy atom. The van der Waals surface area contributed by atoms with Crippen molar-refractivity contribution in [1.82, 2.24) is 20.1 Å². The summed E-state index contributed by atoms with van der Waals surface area (Å²) in [6, 6.07) is 8.43. The van der Waals surface area contributed by atoms with Crippen LogP contribution in [0.4, 0.5) is 16.3 Å². The van der Waals surface area contributed by atoms with Gasteiger partial charge in [0.1, 0.15) is 22.6 Å². The van der Waals surface area contributed by atoms with E-state index in [2.05, 4.69) is 20.7 Å². The summed E-state index contributed by atoms with van der Waals surface area (Å²) in [5.41, 5.74) is 1.60. The zero-order valence-electron chi connectivity index (χ0n) is 20.0. The first-order valence-electron chi connectivity index (χ1n) is 10.8. The number of aromatic nitrogens is 3. The summed E-state index contributed by atoms with van der Waals surface area (Å²) in [7, 11) is 3.06. The number of pyridine rings is 1. The summed E-state index contributed by atoms with van der Waals surface area (Å²) in [5, 5.41) is 9.49. The van der Waals surface area contributed by atoms with Gasteiger partial charge in [-0.05, 0) is 37.7 Å². The highest BCUT2D eigenvalue weighted by Gasteiger charge is 2.23. The molecule has 3 aromatic rings. The number of likely N-dealkylation sites (N-methyl/N-ethyl adjacent to an activating group) is 1. The minimum Gasteiger partial charge on any atom is -0.460 e. The van der Waals surface area contributed by atoms with Crippen LogP contribution in [0.2, 0.25) is 15.2 Å². The lowest BCUT2D eigenvalue weighted by molar-refractivity contribution is -0.143. The van der Waals surface area contributed by atoms with Gasteiger partial charge in [0.2, 0.25) is 0 Å². The van der Waals surface area contributed by atoms with E-state index in [-0.39, 0.29) is 34.8 Å². The van der Waals surface area contributed by atoms with Crippen molar-refractivity contribution in [1.29, 1.82) is 0 Å². The summed E-state index contributed by atoms with van der Waals surface area (Å²) in [5.74, 6) is -0.882. The van der Waals surface area contributed by atoms with Crippen LogP contribution in [-0.4, -0.2) is 53.4 Å². The molecule has 0 aliphatic rings. The highest BCUT2D eigenvalue weighted by Crippen LogP contribution is 2.28. The summed E-state index contributed by atoms with van der Waals surface area (Å²) in [6.07, 6.45) is 0.675. The van der Waals surface area contributed by atoms with Crippen LogP contribution in [0.1, 0.15) is 21.6 Å². The van der Waals surface area contributed by atoms with E-state index in [0.29, 0.717) is 16.3 Å². The number of nitrogens with one attached hydrogen (secondary N) is 2. The zero-order chi connectivity index (χ0) is 27.1. The minimum absolute atomic E-state index is 0.0404. The Balaban J connectivity index is 1.67. The van der Waals surface area contributed by atoms with Gasteiger partial charge in [-0.3, -0.25) is 14.5 Å². The molecule has 2 N–H and O–H groups in total. The van der Waals surface area contributed by atoms with Gasteiger partial charge in [0, 0.05) is 18.8 Å². The molecule has 2 aromatic heterocycles. The lowest BCUT2D eigenvalue weighted by Gasteiger charge is -2.19. The van der Waals surface area contributed by atoms with Gasteiger partial charge in [-0.2, -0.15) is 5.10 Å². The number of rotatable bonds is 9. The van der Waals surface area contributed by atoms with E-state index in [1.54, 1.807) is 37.4 Å². The quantitative estimate of drug-likeness (QED) is 0.365. The number of ether oxygens (including phenoxy) is 2. The maximum Gasteiger partial charge on any atom is 0.417 e. The highest BCUT2D eigenvalue weighted by molar-refractivity contribution is 6.43. The maximum atomic E-state index is 12.7. The van der Waals surface area contributed by atoms with E-state index >= 15 is 0 Å². The Morgan fingerprint density at radius 3 is 2.59 bits per heavy atom. The van der Waals surface area contributed by atoms with Crippen LogP contribution >= 0.6 is 34.8 Å². The molecule has 0 spiro atoms. The number of hydrogen-bond acceptors (Lipinski definition) is 8. The molecule has 2 heterocycles. The molecule has 14 heteroatoms. The van der Waals surface area contributed by atoms with Crippen LogP contribution in [0.15, 0.2) is 36.5 Å². The molecule has 0 fully saturated rings. The number of carbonyl (C=O) groups excluding carboxylic acids is 3. The molecule has 0 bridgehead atoms. The van der Waals surface area contributed by atoms with E-state index in [1.807, 2.05) is 6.92 Å². The number of nitrogens with zero attached hydrogens (tertiary/aromatic N) is 4. The number of carbonyl (C=O) groups is 3. The van der Waals surface area contributed by atoms with E-state index in [0.717, 1.165) is 15.1 Å². The van der Waals surface area contributed by atoms with E-state index in [4.69, 9.17) is 44.3 Å². The summed E-state index contributed by atoms with van der Waals surface area (Å²) < 4.78 is 11.5. The molecule has 0 saturated carbocycles. The number of hydrogen-bond donors (Lipinski definition) is 2. The minimum atomic E-state index is -0.804. The van der Waals surface area contributed by atoms with Crippen molar-refractivity contribution in [3.05, 3.63) is 68.5 Å². The van der Waals surface area contributed by atoms with Crippen LogP contribution in [0.3, 0.4) is 0 Å². The number of esters is 1. The SMILES string of the molecule is CNCC(=O)OCc1cccnc1N(C)C(=O)OCn1nc(C(=O)Nc2ccc(C)cc2Cl)c(Cl)c1Cl. The van der Waals surface area contributed by atoms with Gasteiger partial charge < -0.3 is 20.1 Å². The van der Waals surface area contributed by atoms with E-state index in [9.17, 15) is 14.4 Å². The van der Waals surface area contributed by atoms with Gasteiger partial charge in [-0.15, -0.1) is 0 Å². The largest absolute Gasteiger partial charge is 0.460 e. The van der Waals surface area contributed by atoms with Crippen molar-refractivity contribution in [2.24, 2.45) is 0 Å². The molecule has 1 aromatic carbocycles. The van der Waals surface area contributed by atoms with Gasteiger partial charge in [0.15, 0.2) is 12.4 Å². The van der Waals surface area contributed by atoms with E-state index in [1.165, 1.54) is 13.2 Å². The second-order valence-electron chi connectivity index (χ2n) is 7.67. The summed E-state index contributed by atoms with van der Waals surface area (Å²) in [6.45, 7) is 1.37. The number of amides is 2. The Bertz CT molecular complexity index is 1320. The van der Waals surface area contributed by atoms with Gasteiger partial charge in [0.05, 0.1) is 17.3 Å². The second-order valence-corrected chi connectivity index (χ2v) is 8.81. The van der Waals surface area contributed by atoms with Gasteiger partial charge in [-0.25, -0.2) is 14.5 Å². The highest BCUT2D eigenvalue weighted by atomic mass is 35.5. The third-order valence-corrected chi connectivity index (χ3v) is 6.05. The van der Waals surface area contributed by atoms with Crippen LogP contribution in [-0.2, 0) is 27.6 Å². The molecule has 0 aliphatic heterocycles. The van der Waals surface area contributed by atoms with E-state index < -0.39 is 24.7 Å². The third-order valence-electron chi connectivity index (χ3n) is 4.90. The van der Waals surface area contributed by atoms with Gasteiger partial charge in [-0.1, -0.05) is 46.9 Å². The molecular weight excluding hydrogens is 547 g/mol. The lowest BCUT2D eigenvalue weighted by Crippen LogP contribution is -2.30. The summed E-state index contributed by atoms with van der Waals surface area (Å²) >= 11 is 18.6. The fourth-order valence-electron chi connectivity index (χ4n) is 3.05. The smallest absolute Gasteiger partial charge is 0.417 e. The number of benzene rings is 1. The van der Waals surface area contributed by atoms with Crippen molar-refractivity contribution < 1.29 is 23.9 Å². The standard InChI is InChI=1S/C23H23Cl3N6O5/c1-13-6-7-16(15(24)9-13)29-22(34)19-18(25)20(26)32(30-19)12-37-23(35)31(3)21-14(5-4-8-28-21)11-36-17(33)10-27-2/h4-9,27H,10-12H2,1-3H3,(H,29,34). The van der Waals surface area contributed by atoms with Crippen molar-refractivity contribution >= 4 is 64.3 Å². The molecule has 37 heavy (non-hydrogen) atoms. The predicted octanol–water partition coefficient (Wildman–Crippen LogP) is 4.29. The van der Waals surface area contributed by atoms with Crippen molar-refractivity contribution in [2.45, 2.75) is 20.3 Å². The Labute approximate surface area is 227 Å². The molecule has 0 radical (unpaired) electrons. The van der Waals surface area contributed by atoms with Gasteiger partial charge in [0.25, 0.3) is 5.91 Å². The van der Waals surface area contributed by atoms with Crippen molar-refractivity contribution in [3.63, 3.8) is 0 Å². The monoisotopic (exact) mass is 568 g/mol. The fourth-order valence-corrected chi connectivity index (χ4v) is 3.73. The second kappa shape index (κ2) is 12.7. The molecule has 196 valence electrons. The van der Waals surface area contributed by atoms with Crippen molar-refractivity contribution in [2.75, 3.05) is 30.9 Å². The van der Waals surface area contributed by atoms with Crippen LogP contribution in [0, 0.1) is 6.92 Å². The number of anilines is 2. The topological polar surface area (TPSA) is 128 Å². The Hall–Kier alpha value is -3.38. The average molecular weight is 570 g/mol. The maximum absolute atomic E-state index is 12.7. The van der Waals surface area contributed by atoms with Crippen LogP contribution in [0.25, 0.3) is 0 Å². The molecule has 0 atom stereocenters. The first kappa shape index (κ1) is 28.2. The number of halogens is 3. The molecule has 2 amide bonds. The van der Waals surface area contributed by atoms with Crippen LogP contribution < -0.4 is 15.5 Å². The lowest BCUT2D eigenvalue weighted by atomic mass is 10.2. The first-order chi connectivity index (χ1) is 17.6. The normalized spacial score (nSPS) is 10.6. The predicted molar refractivity (Wildman–Crippen MR) is 139 cm³/mol. The summed E-state index contributed by atoms with van der Waals surface area (Å²) in [4.78, 5) is 42.4. The fraction of sp³-hybridized carbons (Fsp3) is 0.261. The molecule has 0 saturated heterocycles.